The van der Waals surface area contributed by atoms with Gasteiger partial charge in [0, 0.05) is 16.4 Å². The second kappa shape index (κ2) is 15.4. The predicted molar refractivity (Wildman–Crippen MR) is 255 cm³/mol. The maximum Gasteiger partial charge on any atom is 0.266 e. The summed E-state index contributed by atoms with van der Waals surface area (Å²) in [6.45, 7) is 21.3. The minimum atomic E-state index is -0.631. The van der Waals surface area contributed by atoms with Gasteiger partial charge in [-0.15, -0.1) is 0 Å². The number of hydrogen-bond acceptors (Lipinski definition) is 6. The Hall–Kier alpha value is -6.80. The number of amides is 4. The summed E-state index contributed by atoms with van der Waals surface area (Å²) >= 11 is 0. The first kappa shape index (κ1) is 43.5. The van der Waals surface area contributed by atoms with E-state index < -0.39 is 5.54 Å². The third-order valence-corrected chi connectivity index (χ3v) is 14.1. The van der Waals surface area contributed by atoms with Crippen LogP contribution in [-0.2, 0) is 16.2 Å². The lowest BCUT2D eigenvalue weighted by Crippen LogP contribution is -2.45. The zero-order chi connectivity index (χ0) is 46.4. The molecule has 2 aliphatic heterocycles. The van der Waals surface area contributed by atoms with Crippen molar-refractivity contribution in [1.82, 2.24) is 4.90 Å². The quantitative estimate of drug-likeness (QED) is 0.127. The van der Waals surface area contributed by atoms with Gasteiger partial charge in [0.15, 0.2) is 0 Å². The first-order valence-electron chi connectivity index (χ1n) is 22.6. The fourth-order valence-electron chi connectivity index (χ4n) is 10.2. The van der Waals surface area contributed by atoms with E-state index in [4.69, 9.17) is 9.47 Å². The molecule has 4 amide bonds. The third kappa shape index (κ3) is 7.33. The van der Waals surface area contributed by atoms with Gasteiger partial charge < -0.3 is 9.47 Å². The summed E-state index contributed by atoms with van der Waals surface area (Å²) in [5, 5.41) is 0. The maximum atomic E-state index is 13.9. The highest BCUT2D eigenvalue weighted by Gasteiger charge is 2.46. The molecular formula is C57H56N2O6. The molecule has 6 aromatic rings. The number of benzene rings is 6. The molecule has 6 aromatic carbocycles. The van der Waals surface area contributed by atoms with Crippen molar-refractivity contribution in [3.63, 3.8) is 0 Å². The Morgan fingerprint density at radius 2 is 1.03 bits per heavy atom. The van der Waals surface area contributed by atoms with E-state index in [9.17, 15) is 19.2 Å². The average molecular weight is 865 g/mol. The smallest absolute Gasteiger partial charge is 0.266 e. The SMILES string of the molecule is CCC(C)c1ccc2c(c1)C(C)(c1ccc(N3C(=O)c4ccc(Oc5ccc(C(C)(C)c6ccc(Oc7ccc8c(c7)C(=O)N(C(C)(C)C)C8=O)cc6)cc5)cc4C3=O)cc1)CC2(C)C. The first-order valence-corrected chi connectivity index (χ1v) is 22.6. The van der Waals surface area contributed by atoms with Gasteiger partial charge >= 0.3 is 0 Å². The van der Waals surface area contributed by atoms with Crippen LogP contribution in [0.5, 0.6) is 23.0 Å². The third-order valence-electron chi connectivity index (χ3n) is 14.1. The minimum absolute atomic E-state index is 0.0138. The second-order valence-corrected chi connectivity index (χ2v) is 20.4. The lowest BCUT2D eigenvalue weighted by atomic mass is 9.74. The molecular weight excluding hydrogens is 809 g/mol. The van der Waals surface area contributed by atoms with E-state index in [1.807, 2.05) is 81.4 Å². The van der Waals surface area contributed by atoms with Crippen molar-refractivity contribution < 1.29 is 28.7 Å². The Morgan fingerprint density at radius 1 is 0.554 bits per heavy atom. The standard InChI is InChI=1S/C57H56N2O6/c1-11-34(2)35-12-29-48-49(30-35)57(10,33-55(48,6)7)38-13-19-39(20-14-38)58-50(60)44-27-25-42(31-46(44)51(58)61)64-40-21-15-36(16-22-40)56(8,9)37-17-23-41(24-18-37)65-43-26-28-45-47(32-43)53(63)59(52(45)62)54(3,4)5/h12-32,34H,11,33H2,1-10H3. The van der Waals surface area contributed by atoms with Crippen LogP contribution in [0.15, 0.2) is 127 Å². The van der Waals surface area contributed by atoms with Crippen LogP contribution in [0, 0.1) is 0 Å². The number of rotatable bonds is 10. The number of hydrogen-bond donors (Lipinski definition) is 0. The molecule has 2 atom stereocenters. The summed E-state index contributed by atoms with van der Waals surface area (Å²) in [6.07, 6.45) is 2.05. The molecule has 65 heavy (non-hydrogen) atoms. The topological polar surface area (TPSA) is 93.2 Å². The monoisotopic (exact) mass is 864 g/mol. The van der Waals surface area contributed by atoms with Crippen molar-refractivity contribution >= 4 is 29.3 Å². The van der Waals surface area contributed by atoms with Crippen LogP contribution in [0.1, 0.15) is 163 Å². The van der Waals surface area contributed by atoms with Crippen LogP contribution in [0.25, 0.3) is 0 Å². The van der Waals surface area contributed by atoms with Gasteiger partial charge in [0.05, 0.1) is 27.9 Å². The molecule has 2 heterocycles. The normalized spacial score (nSPS) is 18.2. The summed E-state index contributed by atoms with van der Waals surface area (Å²) in [6, 6.07) is 40.7. The van der Waals surface area contributed by atoms with Gasteiger partial charge in [0.1, 0.15) is 23.0 Å². The Balaban J connectivity index is 0.864. The number of fused-ring (bicyclic) bond motifs is 3. The van der Waals surface area contributed by atoms with E-state index in [2.05, 4.69) is 78.8 Å². The highest BCUT2D eigenvalue weighted by Crippen LogP contribution is 2.53. The predicted octanol–water partition coefficient (Wildman–Crippen LogP) is 13.3. The number of imide groups is 2. The van der Waals surface area contributed by atoms with Crippen LogP contribution in [-0.4, -0.2) is 34.1 Å². The molecule has 0 saturated carbocycles. The largest absolute Gasteiger partial charge is 0.457 e. The molecule has 0 aromatic heterocycles. The fraction of sp³-hybridized carbons (Fsp3) is 0.298. The number of ether oxygens (including phenoxy) is 2. The van der Waals surface area contributed by atoms with E-state index >= 15 is 0 Å². The summed E-state index contributed by atoms with van der Waals surface area (Å²) in [4.78, 5) is 56.2. The molecule has 0 saturated heterocycles. The Labute approximate surface area is 382 Å². The molecule has 0 bridgehead atoms. The summed E-state index contributed by atoms with van der Waals surface area (Å²) < 4.78 is 12.4. The number of carbonyl (C=O) groups excluding carboxylic acids is 4. The van der Waals surface area contributed by atoms with Crippen LogP contribution in [0.2, 0.25) is 0 Å². The summed E-state index contributed by atoms with van der Waals surface area (Å²) in [5.74, 6) is 1.28. The Kier molecular flexibility index (Phi) is 10.3. The van der Waals surface area contributed by atoms with Crippen LogP contribution < -0.4 is 14.4 Å². The first-order chi connectivity index (χ1) is 30.7. The molecule has 0 fully saturated rings. The molecule has 2 unspecified atom stereocenters. The number of carbonyl (C=O) groups is 4. The Morgan fingerprint density at radius 3 is 1.55 bits per heavy atom. The zero-order valence-corrected chi connectivity index (χ0v) is 39.0. The van der Waals surface area contributed by atoms with E-state index in [0.717, 1.165) is 24.0 Å². The molecule has 0 N–H and O–H groups in total. The molecule has 3 aliphatic rings. The lowest BCUT2D eigenvalue weighted by Gasteiger charge is -2.29. The average Bonchev–Trinajstić information content (AvgIpc) is 3.78. The van der Waals surface area contributed by atoms with Crippen molar-refractivity contribution in [3.05, 3.63) is 183 Å². The highest BCUT2D eigenvalue weighted by atomic mass is 16.5. The molecule has 8 nitrogen and oxygen atoms in total. The molecule has 1 aliphatic carbocycles. The van der Waals surface area contributed by atoms with E-state index in [1.165, 1.54) is 32.1 Å². The van der Waals surface area contributed by atoms with Crippen LogP contribution in [0.3, 0.4) is 0 Å². The number of nitrogens with zero attached hydrogens (tertiary/aromatic N) is 2. The number of anilines is 1. The molecule has 8 heteroatoms. The summed E-state index contributed by atoms with van der Waals surface area (Å²) in [7, 11) is 0. The van der Waals surface area contributed by atoms with E-state index in [1.54, 1.807) is 36.4 Å². The minimum Gasteiger partial charge on any atom is -0.457 e. The summed E-state index contributed by atoms with van der Waals surface area (Å²) in [5.41, 5.74) is 8.12. The van der Waals surface area contributed by atoms with Gasteiger partial charge in [-0.2, -0.15) is 0 Å². The molecule has 330 valence electrons. The van der Waals surface area contributed by atoms with Gasteiger partial charge in [-0.1, -0.05) is 103 Å². The van der Waals surface area contributed by atoms with Crippen LogP contribution >= 0.6 is 0 Å². The molecule has 0 radical (unpaired) electrons. The van der Waals surface area contributed by atoms with Gasteiger partial charge in [0.25, 0.3) is 23.6 Å². The lowest BCUT2D eigenvalue weighted by molar-refractivity contribution is 0.0507. The molecule has 0 spiro atoms. The fourth-order valence-corrected chi connectivity index (χ4v) is 10.2. The van der Waals surface area contributed by atoms with Gasteiger partial charge in [-0.05, 0) is 151 Å². The van der Waals surface area contributed by atoms with Crippen molar-refractivity contribution in [1.29, 1.82) is 0 Å². The van der Waals surface area contributed by atoms with Crippen LogP contribution in [0.4, 0.5) is 5.69 Å². The van der Waals surface area contributed by atoms with Gasteiger partial charge in [-0.25, -0.2) is 4.90 Å². The van der Waals surface area contributed by atoms with E-state index in [0.29, 0.717) is 56.9 Å². The highest BCUT2D eigenvalue weighted by molar-refractivity contribution is 6.34. The van der Waals surface area contributed by atoms with Crippen molar-refractivity contribution in [2.75, 3.05) is 4.90 Å². The van der Waals surface area contributed by atoms with Gasteiger partial charge in [0.2, 0.25) is 0 Å². The zero-order valence-electron chi connectivity index (χ0n) is 39.0. The van der Waals surface area contributed by atoms with Crippen molar-refractivity contribution in [2.45, 2.75) is 110 Å². The second-order valence-electron chi connectivity index (χ2n) is 20.4. The van der Waals surface area contributed by atoms with E-state index in [-0.39, 0.29) is 39.9 Å². The van der Waals surface area contributed by atoms with Gasteiger partial charge in [-0.3, -0.25) is 24.1 Å². The van der Waals surface area contributed by atoms with Crippen molar-refractivity contribution in [2.24, 2.45) is 0 Å². The maximum absolute atomic E-state index is 13.9. The van der Waals surface area contributed by atoms with Crippen molar-refractivity contribution in [3.8, 4) is 23.0 Å². The molecule has 9 rings (SSSR count). The Bertz CT molecular complexity index is 2920.